The van der Waals surface area contributed by atoms with Gasteiger partial charge in [-0.3, -0.25) is 0 Å². The van der Waals surface area contributed by atoms with E-state index in [-0.39, 0.29) is 0 Å². The smallest absolute Gasteiger partial charge is 0.281 e. The molecule has 1 aromatic carbocycles. The van der Waals surface area contributed by atoms with E-state index in [4.69, 9.17) is 5.73 Å². The van der Waals surface area contributed by atoms with Gasteiger partial charge >= 0.3 is 0 Å². The molecule has 5 nitrogen and oxygen atoms in total. The first kappa shape index (κ1) is 17.1. The minimum absolute atomic E-state index is 0.460. The highest BCUT2D eigenvalue weighted by molar-refractivity contribution is 7.86. The SMILES string of the molecule is CN(CCCN)S(=O)(=O)N(C)CCCc1ccccc1. The average molecular weight is 299 g/mol. The van der Waals surface area contributed by atoms with Crippen LogP contribution in [0.2, 0.25) is 0 Å². The van der Waals surface area contributed by atoms with E-state index in [0.717, 1.165) is 12.8 Å². The number of rotatable bonds is 9. The Hall–Kier alpha value is -0.950. The second kappa shape index (κ2) is 8.36. The van der Waals surface area contributed by atoms with Gasteiger partial charge in [0.1, 0.15) is 0 Å². The first-order valence-electron chi connectivity index (χ1n) is 6.90. The van der Waals surface area contributed by atoms with Crippen molar-refractivity contribution in [3.05, 3.63) is 35.9 Å². The summed E-state index contributed by atoms with van der Waals surface area (Å²) in [6.45, 7) is 1.48. The van der Waals surface area contributed by atoms with Gasteiger partial charge in [-0.15, -0.1) is 0 Å². The van der Waals surface area contributed by atoms with Crippen LogP contribution in [0.4, 0.5) is 0 Å². The Morgan fingerprint density at radius 3 is 2.10 bits per heavy atom. The third-order valence-corrected chi connectivity index (χ3v) is 5.19. The van der Waals surface area contributed by atoms with Crippen LogP contribution in [0.5, 0.6) is 0 Å². The number of aryl methyl sites for hydroxylation is 1. The molecule has 1 aromatic rings. The maximum Gasteiger partial charge on any atom is 0.281 e. The molecule has 0 aliphatic heterocycles. The highest BCUT2D eigenvalue weighted by Gasteiger charge is 2.22. The highest BCUT2D eigenvalue weighted by Crippen LogP contribution is 2.08. The number of hydrogen-bond donors (Lipinski definition) is 1. The number of benzene rings is 1. The van der Waals surface area contributed by atoms with Gasteiger partial charge in [0.25, 0.3) is 10.2 Å². The molecule has 0 heterocycles. The van der Waals surface area contributed by atoms with Crippen molar-refractivity contribution in [3.63, 3.8) is 0 Å². The first-order valence-corrected chi connectivity index (χ1v) is 8.29. The monoisotopic (exact) mass is 299 g/mol. The van der Waals surface area contributed by atoms with Crippen LogP contribution in [-0.4, -0.2) is 50.8 Å². The van der Waals surface area contributed by atoms with Crippen molar-refractivity contribution in [2.75, 3.05) is 33.7 Å². The maximum atomic E-state index is 12.2. The molecule has 0 atom stereocenters. The van der Waals surface area contributed by atoms with Crippen LogP contribution < -0.4 is 5.73 Å². The predicted octanol–water partition coefficient (Wildman–Crippen LogP) is 1.08. The van der Waals surface area contributed by atoms with Gasteiger partial charge in [0.2, 0.25) is 0 Å². The molecule has 0 bridgehead atoms. The molecule has 20 heavy (non-hydrogen) atoms. The molecule has 0 saturated carbocycles. The van der Waals surface area contributed by atoms with Crippen molar-refractivity contribution in [3.8, 4) is 0 Å². The number of hydrogen-bond acceptors (Lipinski definition) is 3. The topological polar surface area (TPSA) is 66.6 Å². The largest absolute Gasteiger partial charge is 0.330 e. The van der Waals surface area contributed by atoms with Gasteiger partial charge in [0.15, 0.2) is 0 Å². The zero-order valence-electron chi connectivity index (χ0n) is 12.3. The molecule has 0 aromatic heterocycles. The third kappa shape index (κ3) is 5.20. The molecule has 0 amide bonds. The van der Waals surface area contributed by atoms with Crippen LogP contribution in [0.3, 0.4) is 0 Å². The summed E-state index contributed by atoms with van der Waals surface area (Å²) in [7, 11) is -0.134. The van der Waals surface area contributed by atoms with E-state index in [1.165, 1.54) is 14.2 Å². The van der Waals surface area contributed by atoms with Crippen LogP contribution in [0, 0.1) is 0 Å². The minimum atomic E-state index is -3.35. The van der Waals surface area contributed by atoms with E-state index in [2.05, 4.69) is 12.1 Å². The van der Waals surface area contributed by atoms with Crippen molar-refractivity contribution in [1.29, 1.82) is 0 Å². The van der Waals surface area contributed by atoms with Crippen LogP contribution in [-0.2, 0) is 16.6 Å². The second-order valence-corrected chi connectivity index (χ2v) is 7.02. The lowest BCUT2D eigenvalue weighted by atomic mass is 10.1. The summed E-state index contributed by atoms with van der Waals surface area (Å²) < 4.78 is 27.2. The van der Waals surface area contributed by atoms with Crippen molar-refractivity contribution in [2.45, 2.75) is 19.3 Å². The number of nitrogens with zero attached hydrogens (tertiary/aromatic N) is 2. The minimum Gasteiger partial charge on any atom is -0.330 e. The lowest BCUT2D eigenvalue weighted by molar-refractivity contribution is 0.387. The van der Waals surface area contributed by atoms with E-state index in [0.29, 0.717) is 26.1 Å². The van der Waals surface area contributed by atoms with Gasteiger partial charge in [-0.1, -0.05) is 30.3 Å². The quantitative estimate of drug-likeness (QED) is 0.742. The van der Waals surface area contributed by atoms with Crippen molar-refractivity contribution >= 4 is 10.2 Å². The standard InChI is InChI=1S/C14H25N3O2S/c1-16(20(18,19)17(2)13-7-11-15)12-6-10-14-8-4-3-5-9-14/h3-5,8-9H,6-7,10-13,15H2,1-2H3. The lowest BCUT2D eigenvalue weighted by Crippen LogP contribution is -2.41. The Kier molecular flexibility index (Phi) is 7.15. The molecule has 0 saturated heterocycles. The van der Waals surface area contributed by atoms with E-state index >= 15 is 0 Å². The van der Waals surface area contributed by atoms with E-state index in [1.807, 2.05) is 18.2 Å². The summed E-state index contributed by atoms with van der Waals surface area (Å²) in [5, 5.41) is 0. The van der Waals surface area contributed by atoms with E-state index in [9.17, 15) is 8.42 Å². The summed E-state index contributed by atoms with van der Waals surface area (Å²) in [5.41, 5.74) is 6.64. The molecule has 1 rings (SSSR count). The van der Waals surface area contributed by atoms with Crippen LogP contribution >= 0.6 is 0 Å². The number of nitrogens with two attached hydrogens (primary N) is 1. The zero-order valence-corrected chi connectivity index (χ0v) is 13.1. The third-order valence-electron chi connectivity index (χ3n) is 3.25. The van der Waals surface area contributed by atoms with Gasteiger partial charge in [-0.2, -0.15) is 17.0 Å². The fourth-order valence-electron chi connectivity index (χ4n) is 1.93. The highest BCUT2D eigenvalue weighted by atomic mass is 32.2. The Balaban J connectivity index is 2.43. The zero-order chi connectivity index (χ0) is 15.0. The molecule has 0 spiro atoms. The lowest BCUT2D eigenvalue weighted by Gasteiger charge is -2.24. The molecule has 0 aliphatic carbocycles. The molecule has 0 fully saturated rings. The Bertz CT molecular complexity index is 476. The molecule has 2 N–H and O–H groups in total. The summed E-state index contributed by atoms with van der Waals surface area (Å²) in [4.78, 5) is 0. The predicted molar refractivity (Wildman–Crippen MR) is 82.6 cm³/mol. The van der Waals surface area contributed by atoms with Gasteiger partial charge in [-0.05, 0) is 31.4 Å². The second-order valence-electron chi connectivity index (χ2n) is 4.88. The normalized spacial score (nSPS) is 12.2. The molecule has 0 aliphatic rings. The molecule has 6 heteroatoms. The van der Waals surface area contributed by atoms with Crippen molar-refractivity contribution in [1.82, 2.24) is 8.61 Å². The van der Waals surface area contributed by atoms with E-state index in [1.54, 1.807) is 14.1 Å². The van der Waals surface area contributed by atoms with Crippen molar-refractivity contribution < 1.29 is 8.42 Å². The van der Waals surface area contributed by atoms with Crippen LogP contribution in [0.1, 0.15) is 18.4 Å². The first-order chi connectivity index (χ1) is 9.48. The molecular formula is C14H25N3O2S. The Morgan fingerprint density at radius 2 is 1.55 bits per heavy atom. The van der Waals surface area contributed by atoms with Gasteiger partial charge in [-0.25, -0.2) is 0 Å². The summed E-state index contributed by atoms with van der Waals surface area (Å²) in [5.74, 6) is 0. The van der Waals surface area contributed by atoms with Crippen LogP contribution in [0.25, 0.3) is 0 Å². The van der Waals surface area contributed by atoms with Gasteiger partial charge in [0, 0.05) is 27.2 Å². The van der Waals surface area contributed by atoms with Gasteiger partial charge in [0.05, 0.1) is 0 Å². The summed E-state index contributed by atoms with van der Waals surface area (Å²) >= 11 is 0. The Labute approximate surface area is 122 Å². The maximum absolute atomic E-state index is 12.2. The average Bonchev–Trinajstić information content (AvgIpc) is 2.45. The fraction of sp³-hybridized carbons (Fsp3) is 0.571. The van der Waals surface area contributed by atoms with Crippen molar-refractivity contribution in [2.24, 2.45) is 5.73 Å². The summed E-state index contributed by atoms with van der Waals surface area (Å²) in [6, 6.07) is 10.1. The summed E-state index contributed by atoms with van der Waals surface area (Å²) in [6.07, 6.45) is 2.37. The molecule has 0 unspecified atom stereocenters. The molecule has 0 radical (unpaired) electrons. The fourth-order valence-corrected chi connectivity index (χ4v) is 3.13. The van der Waals surface area contributed by atoms with E-state index < -0.39 is 10.2 Å². The van der Waals surface area contributed by atoms with Crippen LogP contribution in [0.15, 0.2) is 30.3 Å². The van der Waals surface area contributed by atoms with Gasteiger partial charge < -0.3 is 5.73 Å². The Morgan fingerprint density at radius 1 is 1.00 bits per heavy atom. The molecule has 114 valence electrons. The molecular weight excluding hydrogens is 274 g/mol.